The van der Waals surface area contributed by atoms with E-state index in [4.69, 9.17) is 0 Å². The van der Waals surface area contributed by atoms with Crippen molar-refractivity contribution in [3.63, 3.8) is 0 Å². The molecule has 3 aliphatic heterocycles. The molecular formula is C34H36N2. The molecule has 2 nitrogen and oxygen atoms in total. The summed E-state index contributed by atoms with van der Waals surface area (Å²) in [6.07, 6.45) is 5.04. The van der Waals surface area contributed by atoms with Gasteiger partial charge in [-0.15, -0.1) is 0 Å². The lowest BCUT2D eigenvalue weighted by atomic mass is 9.74. The molecule has 182 valence electrons. The topological polar surface area (TPSA) is 15.3 Å². The Morgan fingerprint density at radius 3 is 2.08 bits per heavy atom. The zero-order valence-corrected chi connectivity index (χ0v) is 21.0. The van der Waals surface area contributed by atoms with Crippen LogP contribution in [0.25, 0.3) is 0 Å². The largest absolute Gasteiger partial charge is 0.381 e. The second-order valence-electron chi connectivity index (χ2n) is 10.6. The second kappa shape index (κ2) is 10.7. The van der Waals surface area contributed by atoms with Crippen LogP contribution in [0.15, 0.2) is 109 Å². The molecule has 3 aliphatic rings. The maximum Gasteiger partial charge on any atom is 0.0403 e. The summed E-state index contributed by atoms with van der Waals surface area (Å²) in [5.74, 6) is 1.31. The summed E-state index contributed by atoms with van der Waals surface area (Å²) in [6.45, 7) is 3.35. The zero-order valence-electron chi connectivity index (χ0n) is 21.0. The van der Waals surface area contributed by atoms with Crippen molar-refractivity contribution in [3.8, 4) is 0 Å². The third-order valence-electron chi connectivity index (χ3n) is 8.32. The van der Waals surface area contributed by atoms with E-state index in [1.165, 1.54) is 65.9 Å². The Bertz CT molecular complexity index is 1260. The average molecular weight is 473 g/mol. The summed E-state index contributed by atoms with van der Waals surface area (Å²) in [5.41, 5.74) is 8.19. The van der Waals surface area contributed by atoms with E-state index in [0.717, 1.165) is 18.9 Å². The molecule has 0 saturated carbocycles. The Morgan fingerprint density at radius 1 is 0.694 bits per heavy atom. The highest BCUT2D eigenvalue weighted by Crippen LogP contribution is 2.42. The number of fused-ring (bicyclic) bond motifs is 3. The van der Waals surface area contributed by atoms with Gasteiger partial charge in [-0.3, -0.25) is 4.90 Å². The Hall–Kier alpha value is -3.36. The van der Waals surface area contributed by atoms with E-state index >= 15 is 0 Å². The molecule has 2 atom stereocenters. The minimum atomic E-state index is 0.418. The Morgan fingerprint density at radius 2 is 1.36 bits per heavy atom. The molecule has 3 heterocycles. The highest BCUT2D eigenvalue weighted by atomic mass is 15.2. The lowest BCUT2D eigenvalue weighted by Crippen LogP contribution is -2.51. The van der Waals surface area contributed by atoms with Crippen molar-refractivity contribution in [2.45, 2.75) is 44.2 Å². The normalized spacial score (nSPS) is 21.7. The summed E-state index contributed by atoms with van der Waals surface area (Å²) in [6, 6.07) is 40.6. The fourth-order valence-corrected chi connectivity index (χ4v) is 6.41. The molecule has 0 amide bonds. The number of hydrogen-bond acceptors (Lipinski definition) is 2. The van der Waals surface area contributed by atoms with Crippen molar-refractivity contribution >= 4 is 5.69 Å². The van der Waals surface area contributed by atoms with Crippen LogP contribution in [-0.2, 0) is 13.0 Å². The van der Waals surface area contributed by atoms with Crippen molar-refractivity contribution in [1.29, 1.82) is 0 Å². The van der Waals surface area contributed by atoms with Crippen LogP contribution in [0, 0.1) is 5.92 Å². The van der Waals surface area contributed by atoms with E-state index in [0.29, 0.717) is 12.0 Å². The summed E-state index contributed by atoms with van der Waals surface area (Å²) < 4.78 is 0. The number of benzene rings is 4. The number of rotatable bonds is 8. The Labute approximate surface area is 216 Å². The minimum Gasteiger partial charge on any atom is -0.381 e. The van der Waals surface area contributed by atoms with Gasteiger partial charge in [0.15, 0.2) is 0 Å². The molecule has 4 aromatic carbocycles. The quantitative estimate of drug-likeness (QED) is 0.285. The summed E-state index contributed by atoms with van der Waals surface area (Å²) >= 11 is 0. The van der Waals surface area contributed by atoms with Gasteiger partial charge in [-0.2, -0.15) is 0 Å². The minimum absolute atomic E-state index is 0.418. The first-order chi connectivity index (χ1) is 17.8. The van der Waals surface area contributed by atoms with E-state index < -0.39 is 0 Å². The maximum absolute atomic E-state index is 3.76. The molecule has 2 heteroatoms. The van der Waals surface area contributed by atoms with E-state index in [9.17, 15) is 0 Å². The predicted molar refractivity (Wildman–Crippen MR) is 150 cm³/mol. The van der Waals surface area contributed by atoms with E-state index in [1.54, 1.807) is 0 Å². The first-order valence-corrected chi connectivity index (χ1v) is 13.6. The van der Waals surface area contributed by atoms with Crippen LogP contribution in [0.3, 0.4) is 0 Å². The van der Waals surface area contributed by atoms with Gasteiger partial charge in [0.25, 0.3) is 0 Å². The highest BCUT2D eigenvalue weighted by molar-refractivity contribution is 5.50. The van der Waals surface area contributed by atoms with Gasteiger partial charge in [-0.05, 0) is 84.6 Å². The number of anilines is 1. The van der Waals surface area contributed by atoms with Crippen LogP contribution in [-0.4, -0.2) is 24.0 Å². The molecule has 1 N–H and O–H groups in total. The molecule has 7 rings (SSSR count). The van der Waals surface area contributed by atoms with Crippen LogP contribution < -0.4 is 5.32 Å². The Kier molecular flexibility index (Phi) is 6.87. The lowest BCUT2D eigenvalue weighted by molar-refractivity contribution is 0.0411. The fourth-order valence-electron chi connectivity index (χ4n) is 6.41. The lowest BCUT2D eigenvalue weighted by Gasteiger charge is -2.48. The molecule has 36 heavy (non-hydrogen) atoms. The molecule has 0 aromatic heterocycles. The van der Waals surface area contributed by atoms with E-state index in [1.807, 2.05) is 0 Å². The molecule has 0 aliphatic carbocycles. The van der Waals surface area contributed by atoms with Crippen molar-refractivity contribution in [2.75, 3.05) is 18.4 Å². The third kappa shape index (κ3) is 5.10. The van der Waals surface area contributed by atoms with Gasteiger partial charge < -0.3 is 5.32 Å². The van der Waals surface area contributed by atoms with Gasteiger partial charge in [-0.1, -0.05) is 97.1 Å². The average Bonchev–Trinajstić information content (AvgIpc) is 2.95. The van der Waals surface area contributed by atoms with Gasteiger partial charge in [0.05, 0.1) is 0 Å². The number of piperidine rings is 3. The van der Waals surface area contributed by atoms with E-state index in [-0.39, 0.29) is 0 Å². The predicted octanol–water partition coefficient (Wildman–Crippen LogP) is 7.51. The maximum atomic E-state index is 3.76. The SMILES string of the molecule is c1ccc(Cc2ccccc2CNc2cccc(C(c3ccccc3)C3CC4CCN3CC4)c2)cc1. The highest BCUT2D eigenvalue weighted by Gasteiger charge is 2.39. The monoisotopic (exact) mass is 472 g/mol. The summed E-state index contributed by atoms with van der Waals surface area (Å²) in [5, 5.41) is 3.76. The molecular weight excluding hydrogens is 436 g/mol. The zero-order chi connectivity index (χ0) is 24.2. The Balaban J connectivity index is 1.24. The van der Waals surface area contributed by atoms with Crippen molar-refractivity contribution in [3.05, 3.63) is 137 Å². The number of hydrogen-bond donors (Lipinski definition) is 1. The molecule has 2 bridgehead atoms. The van der Waals surface area contributed by atoms with Crippen LogP contribution >= 0.6 is 0 Å². The second-order valence-corrected chi connectivity index (χ2v) is 10.6. The van der Waals surface area contributed by atoms with Crippen molar-refractivity contribution in [2.24, 2.45) is 5.92 Å². The van der Waals surface area contributed by atoms with Gasteiger partial charge in [0, 0.05) is 24.2 Å². The first kappa shape index (κ1) is 23.1. The van der Waals surface area contributed by atoms with Crippen LogP contribution in [0.1, 0.15) is 53.0 Å². The molecule has 2 unspecified atom stereocenters. The molecule has 0 spiro atoms. The van der Waals surface area contributed by atoms with Crippen LogP contribution in [0.4, 0.5) is 5.69 Å². The van der Waals surface area contributed by atoms with Crippen LogP contribution in [0.2, 0.25) is 0 Å². The first-order valence-electron chi connectivity index (χ1n) is 13.6. The molecule has 4 aromatic rings. The standard InChI is InChI=1S/C34H36N2/c1-3-10-26(11-4-1)22-29-14-7-8-15-31(29)25-35-32-17-9-16-30(24-32)34(28-12-5-2-6-13-28)33-23-27-18-20-36(33)21-19-27/h1-17,24,27,33-35H,18-23,25H2. The van der Waals surface area contributed by atoms with Gasteiger partial charge in [0.2, 0.25) is 0 Å². The van der Waals surface area contributed by atoms with Gasteiger partial charge in [-0.25, -0.2) is 0 Å². The third-order valence-corrected chi connectivity index (χ3v) is 8.32. The summed E-state index contributed by atoms with van der Waals surface area (Å²) in [4.78, 5) is 2.76. The molecule has 3 saturated heterocycles. The number of nitrogens with zero attached hydrogens (tertiary/aromatic N) is 1. The van der Waals surface area contributed by atoms with Crippen molar-refractivity contribution < 1.29 is 0 Å². The van der Waals surface area contributed by atoms with Gasteiger partial charge >= 0.3 is 0 Å². The molecule has 3 fully saturated rings. The van der Waals surface area contributed by atoms with Crippen LogP contribution in [0.5, 0.6) is 0 Å². The number of nitrogens with one attached hydrogen (secondary N) is 1. The van der Waals surface area contributed by atoms with Gasteiger partial charge in [0.1, 0.15) is 0 Å². The summed E-state index contributed by atoms with van der Waals surface area (Å²) in [7, 11) is 0. The fraction of sp³-hybridized carbons (Fsp3) is 0.294. The van der Waals surface area contributed by atoms with E-state index in [2.05, 4.69) is 119 Å². The molecule has 0 radical (unpaired) electrons. The smallest absolute Gasteiger partial charge is 0.0403 e. The van der Waals surface area contributed by atoms with Crippen molar-refractivity contribution in [1.82, 2.24) is 4.90 Å².